The van der Waals surface area contributed by atoms with Crippen molar-refractivity contribution in [2.24, 2.45) is 5.73 Å². The molecule has 0 aromatic heterocycles. The summed E-state index contributed by atoms with van der Waals surface area (Å²) in [6, 6.07) is 10.3. The van der Waals surface area contributed by atoms with Gasteiger partial charge in [-0.3, -0.25) is 0 Å². The number of nitrogens with two attached hydrogens (primary N) is 1. The van der Waals surface area contributed by atoms with Crippen LogP contribution in [-0.4, -0.2) is 17.8 Å². The summed E-state index contributed by atoms with van der Waals surface area (Å²) in [4.78, 5) is 0. The van der Waals surface area contributed by atoms with Crippen LogP contribution in [0.1, 0.15) is 25.3 Å². The van der Waals surface area contributed by atoms with Crippen molar-refractivity contribution in [2.45, 2.75) is 32.3 Å². The van der Waals surface area contributed by atoms with E-state index in [1.807, 2.05) is 31.2 Å². The average Bonchev–Trinajstić information content (AvgIpc) is 2.45. The maximum Gasteiger partial charge on any atom is 0.0762 e. The molecule has 20 heavy (non-hydrogen) atoms. The van der Waals surface area contributed by atoms with Gasteiger partial charge in [0.2, 0.25) is 0 Å². The SMILES string of the molecule is C=C(C#CCCc1ccccc1)/C=C(\C)C(O)CCN. The average molecular weight is 269 g/mol. The molecule has 0 amide bonds. The van der Waals surface area contributed by atoms with Gasteiger partial charge in [-0.2, -0.15) is 0 Å². The molecule has 0 aliphatic rings. The first-order chi connectivity index (χ1) is 9.63. The molecule has 2 heteroatoms. The highest BCUT2D eigenvalue weighted by Gasteiger charge is 2.04. The first-order valence-corrected chi connectivity index (χ1v) is 6.91. The van der Waals surface area contributed by atoms with Crippen molar-refractivity contribution in [3.05, 3.63) is 59.7 Å². The predicted molar refractivity (Wildman–Crippen MR) is 85.1 cm³/mol. The third-order valence-corrected chi connectivity index (χ3v) is 3.00. The molecule has 1 rings (SSSR count). The summed E-state index contributed by atoms with van der Waals surface area (Å²) in [5, 5.41) is 9.75. The van der Waals surface area contributed by atoms with E-state index in [4.69, 9.17) is 5.73 Å². The van der Waals surface area contributed by atoms with E-state index in [0.29, 0.717) is 13.0 Å². The van der Waals surface area contributed by atoms with Crippen molar-refractivity contribution in [1.29, 1.82) is 0 Å². The van der Waals surface area contributed by atoms with Gasteiger partial charge in [-0.15, -0.1) is 0 Å². The van der Waals surface area contributed by atoms with Gasteiger partial charge in [0.25, 0.3) is 0 Å². The Morgan fingerprint density at radius 2 is 2.10 bits per heavy atom. The van der Waals surface area contributed by atoms with Crippen molar-refractivity contribution < 1.29 is 5.11 Å². The Morgan fingerprint density at radius 1 is 1.40 bits per heavy atom. The van der Waals surface area contributed by atoms with Crippen LogP contribution < -0.4 is 5.73 Å². The highest BCUT2D eigenvalue weighted by atomic mass is 16.3. The highest BCUT2D eigenvalue weighted by Crippen LogP contribution is 2.08. The van der Waals surface area contributed by atoms with Crippen LogP contribution in [-0.2, 0) is 6.42 Å². The Labute approximate surface area is 122 Å². The standard InChI is InChI=1S/C18H23NO/c1-15(14-16(2)18(20)12-13-19)8-6-7-11-17-9-4-3-5-10-17/h3-5,9-10,14,18,20H,1,7,11-13,19H2,2H3/b16-14+. The molecule has 0 saturated carbocycles. The highest BCUT2D eigenvalue weighted by molar-refractivity contribution is 5.38. The van der Waals surface area contributed by atoms with Gasteiger partial charge in [0.1, 0.15) is 0 Å². The molecule has 0 aliphatic carbocycles. The molecule has 0 saturated heterocycles. The molecule has 0 radical (unpaired) electrons. The molecule has 0 fully saturated rings. The lowest BCUT2D eigenvalue weighted by Gasteiger charge is -2.08. The summed E-state index contributed by atoms with van der Waals surface area (Å²) in [6.45, 7) is 6.24. The summed E-state index contributed by atoms with van der Waals surface area (Å²) in [6.07, 6.45) is 3.65. The maximum atomic E-state index is 9.75. The van der Waals surface area contributed by atoms with Crippen molar-refractivity contribution in [3.63, 3.8) is 0 Å². The molecular weight excluding hydrogens is 246 g/mol. The van der Waals surface area contributed by atoms with E-state index in [1.54, 1.807) is 0 Å². The molecule has 1 unspecified atom stereocenters. The van der Waals surface area contributed by atoms with E-state index < -0.39 is 6.10 Å². The summed E-state index contributed by atoms with van der Waals surface area (Å²) in [7, 11) is 0. The summed E-state index contributed by atoms with van der Waals surface area (Å²) in [5.74, 6) is 6.13. The fraction of sp³-hybridized carbons (Fsp3) is 0.333. The number of benzene rings is 1. The summed E-state index contributed by atoms with van der Waals surface area (Å²) >= 11 is 0. The summed E-state index contributed by atoms with van der Waals surface area (Å²) < 4.78 is 0. The summed E-state index contributed by atoms with van der Waals surface area (Å²) in [5.41, 5.74) is 8.29. The molecule has 3 N–H and O–H groups in total. The normalized spacial score (nSPS) is 12.4. The van der Waals surface area contributed by atoms with Gasteiger partial charge < -0.3 is 10.8 Å². The Kier molecular flexibility index (Phi) is 7.42. The van der Waals surface area contributed by atoms with Crippen molar-refractivity contribution in [3.8, 4) is 11.8 Å². The van der Waals surface area contributed by atoms with E-state index in [0.717, 1.165) is 24.0 Å². The smallest absolute Gasteiger partial charge is 0.0762 e. The van der Waals surface area contributed by atoms with Crippen LogP contribution in [0, 0.1) is 11.8 Å². The third kappa shape index (κ3) is 6.38. The molecule has 106 valence electrons. The van der Waals surface area contributed by atoms with Gasteiger partial charge in [0, 0.05) is 12.0 Å². The molecule has 0 spiro atoms. The van der Waals surface area contributed by atoms with Gasteiger partial charge in [0.05, 0.1) is 6.10 Å². The number of aryl methyl sites for hydroxylation is 1. The quantitative estimate of drug-likeness (QED) is 0.616. The van der Waals surface area contributed by atoms with Crippen molar-refractivity contribution in [2.75, 3.05) is 6.54 Å². The minimum atomic E-state index is -0.497. The molecule has 2 nitrogen and oxygen atoms in total. The second-order valence-corrected chi connectivity index (χ2v) is 4.79. The lowest BCUT2D eigenvalue weighted by Crippen LogP contribution is -2.14. The first-order valence-electron chi connectivity index (χ1n) is 6.91. The Bertz CT molecular complexity index is 505. The zero-order valence-corrected chi connectivity index (χ0v) is 12.1. The molecule has 0 aliphatic heterocycles. The van der Waals surface area contributed by atoms with Crippen LogP contribution in [0.3, 0.4) is 0 Å². The molecular formula is C18H23NO. The Balaban J connectivity index is 2.43. The van der Waals surface area contributed by atoms with Gasteiger partial charge in [-0.1, -0.05) is 48.8 Å². The minimum absolute atomic E-state index is 0.474. The number of rotatable bonds is 6. The minimum Gasteiger partial charge on any atom is -0.389 e. The van der Waals surface area contributed by atoms with E-state index in [-0.39, 0.29) is 0 Å². The largest absolute Gasteiger partial charge is 0.389 e. The van der Waals surface area contributed by atoms with Crippen molar-refractivity contribution >= 4 is 0 Å². The number of aliphatic hydroxyl groups is 1. The number of allylic oxidation sites excluding steroid dienone is 2. The first kappa shape index (κ1) is 16.2. The lowest BCUT2D eigenvalue weighted by molar-refractivity contribution is 0.203. The van der Waals surface area contributed by atoms with E-state index >= 15 is 0 Å². The lowest BCUT2D eigenvalue weighted by atomic mass is 10.1. The Hall–Kier alpha value is -1.82. The van der Waals surface area contributed by atoms with Crippen LogP contribution in [0.15, 0.2) is 54.1 Å². The monoisotopic (exact) mass is 269 g/mol. The molecule has 0 heterocycles. The fourth-order valence-electron chi connectivity index (χ4n) is 1.82. The van der Waals surface area contributed by atoms with Crippen LogP contribution in [0.2, 0.25) is 0 Å². The van der Waals surface area contributed by atoms with Gasteiger partial charge in [-0.25, -0.2) is 0 Å². The zero-order chi connectivity index (χ0) is 14.8. The number of hydrogen-bond acceptors (Lipinski definition) is 2. The zero-order valence-electron chi connectivity index (χ0n) is 12.1. The van der Waals surface area contributed by atoms with Crippen LogP contribution in [0.5, 0.6) is 0 Å². The molecule has 1 atom stereocenters. The van der Waals surface area contributed by atoms with Crippen LogP contribution >= 0.6 is 0 Å². The van der Waals surface area contributed by atoms with Gasteiger partial charge in [0.15, 0.2) is 0 Å². The third-order valence-electron chi connectivity index (χ3n) is 3.00. The topological polar surface area (TPSA) is 46.2 Å². The molecule has 1 aromatic rings. The van der Waals surface area contributed by atoms with E-state index in [9.17, 15) is 5.11 Å². The molecule has 0 bridgehead atoms. The number of hydrogen-bond donors (Lipinski definition) is 2. The van der Waals surface area contributed by atoms with Crippen LogP contribution in [0.25, 0.3) is 0 Å². The molecule has 1 aromatic carbocycles. The van der Waals surface area contributed by atoms with E-state index in [2.05, 4.69) is 30.6 Å². The van der Waals surface area contributed by atoms with Gasteiger partial charge in [-0.05, 0) is 43.5 Å². The Morgan fingerprint density at radius 3 is 2.75 bits per heavy atom. The van der Waals surface area contributed by atoms with E-state index in [1.165, 1.54) is 5.56 Å². The number of aliphatic hydroxyl groups excluding tert-OH is 1. The maximum absolute atomic E-state index is 9.75. The predicted octanol–water partition coefficient (Wildman–Crippen LogP) is 2.83. The fourth-order valence-corrected chi connectivity index (χ4v) is 1.82. The van der Waals surface area contributed by atoms with Crippen LogP contribution in [0.4, 0.5) is 0 Å². The van der Waals surface area contributed by atoms with Gasteiger partial charge >= 0.3 is 0 Å². The second-order valence-electron chi connectivity index (χ2n) is 4.79. The second kappa shape index (κ2) is 9.14. The van der Waals surface area contributed by atoms with Crippen molar-refractivity contribution in [1.82, 2.24) is 0 Å².